The van der Waals surface area contributed by atoms with Gasteiger partial charge in [-0.05, 0) is 42.7 Å². The molecular formula is C13H20N2O3S2. The second-order valence-corrected chi connectivity index (χ2v) is 7.98. The Hall–Kier alpha value is -0.920. The highest BCUT2D eigenvalue weighted by molar-refractivity contribution is 7.89. The summed E-state index contributed by atoms with van der Waals surface area (Å²) < 4.78 is 25.1. The zero-order chi connectivity index (χ0) is 14.8. The van der Waals surface area contributed by atoms with Crippen LogP contribution in [0.15, 0.2) is 16.8 Å². The molecule has 7 heteroatoms. The Kier molecular flexibility index (Phi) is 4.82. The Balaban J connectivity index is 1.94. The van der Waals surface area contributed by atoms with E-state index in [1.807, 2.05) is 12.3 Å². The predicted molar refractivity (Wildman–Crippen MR) is 80.3 cm³/mol. The van der Waals surface area contributed by atoms with Gasteiger partial charge in [0, 0.05) is 18.5 Å². The molecule has 2 heterocycles. The molecule has 1 N–H and O–H groups in total. The molecule has 2 rings (SSSR count). The predicted octanol–water partition coefficient (Wildman–Crippen LogP) is 1.39. The van der Waals surface area contributed by atoms with Gasteiger partial charge >= 0.3 is 0 Å². The molecule has 0 spiro atoms. The highest BCUT2D eigenvalue weighted by Crippen LogP contribution is 2.32. The number of carbonyl (C=O) groups is 1. The number of nitrogens with one attached hydrogen (secondary N) is 1. The first-order valence-corrected chi connectivity index (χ1v) is 9.31. The normalized spacial score (nSPS) is 23.2. The van der Waals surface area contributed by atoms with E-state index in [9.17, 15) is 13.2 Å². The van der Waals surface area contributed by atoms with E-state index >= 15 is 0 Å². The fourth-order valence-corrected chi connectivity index (χ4v) is 3.79. The SMILES string of the molecule is CCS(=O)(=O)NCC(=O)N1C[C@@H](c2ccsc2)C[C@@H]1C. The number of hydrogen-bond donors (Lipinski definition) is 1. The van der Waals surface area contributed by atoms with Crippen molar-refractivity contribution in [2.45, 2.75) is 32.2 Å². The molecule has 1 aliphatic rings. The van der Waals surface area contributed by atoms with Crippen LogP contribution in [0.25, 0.3) is 0 Å². The lowest BCUT2D eigenvalue weighted by molar-refractivity contribution is -0.130. The minimum Gasteiger partial charge on any atom is -0.338 e. The average molecular weight is 316 g/mol. The molecular weight excluding hydrogens is 296 g/mol. The zero-order valence-electron chi connectivity index (χ0n) is 11.7. The van der Waals surface area contributed by atoms with Crippen LogP contribution in [-0.4, -0.2) is 44.1 Å². The number of carbonyl (C=O) groups excluding carboxylic acids is 1. The quantitative estimate of drug-likeness (QED) is 0.893. The largest absolute Gasteiger partial charge is 0.338 e. The lowest BCUT2D eigenvalue weighted by atomic mass is 10.00. The van der Waals surface area contributed by atoms with E-state index < -0.39 is 10.0 Å². The maximum absolute atomic E-state index is 12.1. The van der Waals surface area contributed by atoms with Gasteiger partial charge in [-0.3, -0.25) is 4.79 Å². The molecule has 0 saturated carbocycles. The van der Waals surface area contributed by atoms with Gasteiger partial charge in [0.05, 0.1) is 12.3 Å². The van der Waals surface area contributed by atoms with Crippen molar-refractivity contribution in [3.63, 3.8) is 0 Å². The van der Waals surface area contributed by atoms with E-state index in [1.54, 1.807) is 23.2 Å². The lowest BCUT2D eigenvalue weighted by Gasteiger charge is -2.21. The molecule has 2 atom stereocenters. The molecule has 0 radical (unpaired) electrons. The summed E-state index contributed by atoms with van der Waals surface area (Å²) in [5, 5.41) is 4.16. The number of thiophene rings is 1. The fraction of sp³-hybridized carbons (Fsp3) is 0.615. The molecule has 1 amide bonds. The molecule has 0 aliphatic carbocycles. The molecule has 20 heavy (non-hydrogen) atoms. The van der Waals surface area contributed by atoms with Gasteiger partial charge in [0.15, 0.2) is 0 Å². The maximum atomic E-state index is 12.1. The number of hydrogen-bond acceptors (Lipinski definition) is 4. The smallest absolute Gasteiger partial charge is 0.237 e. The standard InChI is InChI=1S/C13H20N2O3S2/c1-3-20(17,18)14-7-13(16)15-8-12(6-10(15)2)11-4-5-19-9-11/h4-5,9-10,12,14H,3,6-8H2,1-2H3/t10-,12-/m0/s1. The van der Waals surface area contributed by atoms with E-state index in [2.05, 4.69) is 16.2 Å². The topological polar surface area (TPSA) is 66.5 Å². The van der Waals surface area contributed by atoms with Crippen LogP contribution < -0.4 is 4.72 Å². The molecule has 1 fully saturated rings. The van der Waals surface area contributed by atoms with E-state index in [0.717, 1.165) is 6.42 Å². The number of amides is 1. The highest BCUT2D eigenvalue weighted by atomic mass is 32.2. The van der Waals surface area contributed by atoms with Crippen LogP contribution in [0.4, 0.5) is 0 Å². The number of sulfonamides is 1. The lowest BCUT2D eigenvalue weighted by Crippen LogP contribution is -2.42. The summed E-state index contributed by atoms with van der Waals surface area (Å²) in [5.74, 6) is 0.211. The summed E-state index contributed by atoms with van der Waals surface area (Å²) in [6, 6.07) is 2.24. The summed E-state index contributed by atoms with van der Waals surface area (Å²) in [7, 11) is -3.31. The first kappa shape index (κ1) is 15.5. The van der Waals surface area contributed by atoms with Crippen LogP contribution in [0.3, 0.4) is 0 Å². The van der Waals surface area contributed by atoms with Gasteiger partial charge in [0.2, 0.25) is 15.9 Å². The van der Waals surface area contributed by atoms with Crippen LogP contribution in [0.2, 0.25) is 0 Å². The van der Waals surface area contributed by atoms with Crippen LogP contribution in [0.5, 0.6) is 0 Å². The van der Waals surface area contributed by atoms with Gasteiger partial charge in [-0.2, -0.15) is 11.3 Å². The minimum absolute atomic E-state index is 0.00658. The third-order valence-electron chi connectivity index (χ3n) is 3.73. The number of nitrogens with zero attached hydrogens (tertiary/aromatic N) is 1. The van der Waals surface area contributed by atoms with Gasteiger partial charge in [-0.15, -0.1) is 0 Å². The summed E-state index contributed by atoms with van der Waals surface area (Å²) in [5.41, 5.74) is 1.27. The van der Waals surface area contributed by atoms with Gasteiger partial charge in [-0.25, -0.2) is 13.1 Å². The average Bonchev–Trinajstić information content (AvgIpc) is 3.05. The molecule has 1 aliphatic heterocycles. The molecule has 1 aromatic heterocycles. The Morgan fingerprint density at radius 3 is 2.90 bits per heavy atom. The summed E-state index contributed by atoms with van der Waals surface area (Å²) in [6.07, 6.45) is 0.934. The Morgan fingerprint density at radius 1 is 1.55 bits per heavy atom. The van der Waals surface area contributed by atoms with E-state index in [1.165, 1.54) is 5.56 Å². The number of rotatable bonds is 5. The highest BCUT2D eigenvalue weighted by Gasteiger charge is 2.33. The second-order valence-electron chi connectivity index (χ2n) is 5.11. The van der Waals surface area contributed by atoms with Crippen LogP contribution >= 0.6 is 11.3 Å². The molecule has 0 bridgehead atoms. The van der Waals surface area contributed by atoms with Crippen molar-refractivity contribution in [2.24, 2.45) is 0 Å². The molecule has 1 saturated heterocycles. The first-order valence-electron chi connectivity index (χ1n) is 6.72. The summed E-state index contributed by atoms with van der Waals surface area (Å²) in [4.78, 5) is 13.9. The molecule has 0 aromatic carbocycles. The zero-order valence-corrected chi connectivity index (χ0v) is 13.3. The number of likely N-dealkylation sites (tertiary alicyclic amines) is 1. The molecule has 112 valence electrons. The van der Waals surface area contributed by atoms with Crippen molar-refractivity contribution < 1.29 is 13.2 Å². The monoisotopic (exact) mass is 316 g/mol. The van der Waals surface area contributed by atoms with Gasteiger partial charge in [0.25, 0.3) is 0 Å². The van der Waals surface area contributed by atoms with Crippen molar-refractivity contribution in [3.05, 3.63) is 22.4 Å². The first-order chi connectivity index (χ1) is 9.43. The fourth-order valence-electron chi connectivity index (χ4n) is 2.50. The Morgan fingerprint density at radius 2 is 2.30 bits per heavy atom. The Labute approximate surface area is 124 Å². The third-order valence-corrected chi connectivity index (χ3v) is 5.78. The summed E-state index contributed by atoms with van der Waals surface area (Å²) in [6.45, 7) is 4.10. The Bertz CT molecular complexity index is 554. The molecule has 1 aromatic rings. The van der Waals surface area contributed by atoms with Crippen molar-refractivity contribution in [2.75, 3.05) is 18.8 Å². The van der Waals surface area contributed by atoms with Gasteiger partial charge < -0.3 is 4.90 Å². The van der Waals surface area contributed by atoms with Crippen molar-refractivity contribution in [1.29, 1.82) is 0 Å². The maximum Gasteiger partial charge on any atom is 0.237 e. The van der Waals surface area contributed by atoms with Crippen molar-refractivity contribution in [1.82, 2.24) is 9.62 Å². The minimum atomic E-state index is -3.31. The van der Waals surface area contributed by atoms with Crippen LogP contribution in [-0.2, 0) is 14.8 Å². The third kappa shape index (κ3) is 3.59. The van der Waals surface area contributed by atoms with Crippen molar-refractivity contribution in [3.8, 4) is 0 Å². The van der Waals surface area contributed by atoms with E-state index in [-0.39, 0.29) is 24.2 Å². The molecule has 5 nitrogen and oxygen atoms in total. The van der Waals surface area contributed by atoms with Crippen LogP contribution in [0, 0.1) is 0 Å². The van der Waals surface area contributed by atoms with E-state index in [0.29, 0.717) is 12.5 Å². The van der Waals surface area contributed by atoms with Gasteiger partial charge in [0.1, 0.15) is 0 Å². The molecule has 0 unspecified atom stereocenters. The van der Waals surface area contributed by atoms with E-state index in [4.69, 9.17) is 0 Å². The van der Waals surface area contributed by atoms with Gasteiger partial charge in [-0.1, -0.05) is 0 Å². The summed E-state index contributed by atoms with van der Waals surface area (Å²) >= 11 is 1.66. The van der Waals surface area contributed by atoms with Crippen LogP contribution in [0.1, 0.15) is 31.7 Å². The van der Waals surface area contributed by atoms with Crippen molar-refractivity contribution >= 4 is 27.3 Å². The second kappa shape index (κ2) is 6.24.